The Hall–Kier alpha value is -2.52. The lowest BCUT2D eigenvalue weighted by Gasteiger charge is -2.26. The van der Waals surface area contributed by atoms with E-state index in [1.807, 2.05) is 0 Å². The van der Waals surface area contributed by atoms with Crippen LogP contribution in [0.2, 0.25) is 0 Å². The molecule has 0 aliphatic carbocycles. The van der Waals surface area contributed by atoms with E-state index in [1.54, 1.807) is 19.1 Å². The smallest absolute Gasteiger partial charge is 0.293 e. The third-order valence-electron chi connectivity index (χ3n) is 4.86. The fourth-order valence-corrected chi connectivity index (χ4v) is 4.81. The van der Waals surface area contributed by atoms with Gasteiger partial charge in [0.2, 0.25) is 10.0 Å². The predicted octanol–water partition coefficient (Wildman–Crippen LogP) is 4.08. The number of sulfonamides is 1. The van der Waals surface area contributed by atoms with Gasteiger partial charge in [-0.25, -0.2) is 12.8 Å². The van der Waals surface area contributed by atoms with Gasteiger partial charge in [0.15, 0.2) is 0 Å². The zero-order valence-electron chi connectivity index (χ0n) is 15.5. The van der Waals surface area contributed by atoms with Crippen molar-refractivity contribution in [3.8, 4) is 0 Å². The summed E-state index contributed by atoms with van der Waals surface area (Å²) in [5.74, 6) is -0.366. The van der Waals surface area contributed by atoms with E-state index in [-0.39, 0.29) is 28.1 Å². The standard InChI is InChI=1S/C19H22FN3O4S/c1-14(15-5-7-16(20)8-6-15)21-18-10-9-17(13-19(18)23(24)25)28(26,27)22-11-3-2-4-12-22/h5-10,13-14,21H,2-4,11-12H2,1H3/t14-/m0/s1. The van der Waals surface area contributed by atoms with Crippen LogP contribution in [0.15, 0.2) is 47.4 Å². The van der Waals surface area contributed by atoms with Crippen molar-refractivity contribution in [2.75, 3.05) is 18.4 Å². The lowest BCUT2D eigenvalue weighted by Crippen LogP contribution is -2.35. The van der Waals surface area contributed by atoms with Crippen LogP contribution in [0.3, 0.4) is 0 Å². The Bertz CT molecular complexity index is 958. The summed E-state index contributed by atoms with van der Waals surface area (Å²) < 4.78 is 40.1. The minimum atomic E-state index is -3.76. The zero-order valence-corrected chi connectivity index (χ0v) is 16.3. The average molecular weight is 407 g/mol. The quantitative estimate of drug-likeness (QED) is 0.575. The van der Waals surface area contributed by atoms with E-state index in [1.165, 1.54) is 28.6 Å². The van der Waals surface area contributed by atoms with E-state index >= 15 is 0 Å². The number of nitro benzene ring substituents is 1. The Balaban J connectivity index is 1.89. The third-order valence-corrected chi connectivity index (χ3v) is 6.76. The van der Waals surface area contributed by atoms with Gasteiger partial charge in [-0.2, -0.15) is 4.31 Å². The second-order valence-corrected chi connectivity index (χ2v) is 8.76. The van der Waals surface area contributed by atoms with Gasteiger partial charge >= 0.3 is 0 Å². The number of hydrogen-bond donors (Lipinski definition) is 1. The molecule has 1 aliphatic rings. The summed E-state index contributed by atoms with van der Waals surface area (Å²) >= 11 is 0. The number of piperidine rings is 1. The van der Waals surface area contributed by atoms with Gasteiger partial charge in [-0.1, -0.05) is 18.6 Å². The highest BCUT2D eigenvalue weighted by atomic mass is 32.2. The molecule has 7 nitrogen and oxygen atoms in total. The number of anilines is 1. The molecule has 2 aromatic rings. The van der Waals surface area contributed by atoms with Crippen LogP contribution in [0.4, 0.5) is 15.8 Å². The minimum absolute atomic E-state index is 0.0823. The lowest BCUT2D eigenvalue weighted by molar-refractivity contribution is -0.384. The molecule has 2 aromatic carbocycles. The molecular formula is C19H22FN3O4S. The van der Waals surface area contributed by atoms with Crippen molar-refractivity contribution in [1.82, 2.24) is 4.31 Å². The zero-order chi connectivity index (χ0) is 20.3. The van der Waals surface area contributed by atoms with Crippen LogP contribution < -0.4 is 5.32 Å². The highest BCUT2D eigenvalue weighted by Crippen LogP contribution is 2.32. The summed E-state index contributed by atoms with van der Waals surface area (Å²) in [7, 11) is -3.76. The van der Waals surface area contributed by atoms with Crippen molar-refractivity contribution in [2.45, 2.75) is 37.1 Å². The molecular weight excluding hydrogens is 385 g/mol. The Morgan fingerprint density at radius 3 is 2.36 bits per heavy atom. The maximum absolute atomic E-state index is 13.1. The van der Waals surface area contributed by atoms with Crippen LogP contribution in [0, 0.1) is 15.9 Å². The van der Waals surface area contributed by atoms with Gasteiger partial charge in [-0.3, -0.25) is 10.1 Å². The monoisotopic (exact) mass is 407 g/mol. The van der Waals surface area contributed by atoms with Crippen molar-refractivity contribution in [1.29, 1.82) is 0 Å². The first kappa shape index (κ1) is 20.2. The molecule has 0 saturated carbocycles. The van der Waals surface area contributed by atoms with Gasteiger partial charge < -0.3 is 5.32 Å². The molecule has 1 atom stereocenters. The van der Waals surface area contributed by atoms with E-state index in [4.69, 9.17) is 0 Å². The maximum Gasteiger partial charge on any atom is 0.293 e. The van der Waals surface area contributed by atoms with Crippen LogP contribution in [0.1, 0.15) is 37.8 Å². The van der Waals surface area contributed by atoms with Crippen molar-refractivity contribution in [3.63, 3.8) is 0 Å². The molecule has 0 radical (unpaired) electrons. The predicted molar refractivity (Wildman–Crippen MR) is 104 cm³/mol. The summed E-state index contributed by atoms with van der Waals surface area (Å²) in [5.41, 5.74) is 0.646. The number of nitrogens with one attached hydrogen (secondary N) is 1. The summed E-state index contributed by atoms with van der Waals surface area (Å²) in [5, 5.41) is 14.6. The summed E-state index contributed by atoms with van der Waals surface area (Å²) in [6.45, 7) is 2.64. The SMILES string of the molecule is C[C@H](Nc1ccc(S(=O)(=O)N2CCCCC2)cc1[N+](=O)[O-])c1ccc(F)cc1. The average Bonchev–Trinajstić information content (AvgIpc) is 2.69. The molecule has 150 valence electrons. The van der Waals surface area contributed by atoms with Crippen LogP contribution >= 0.6 is 0 Å². The highest BCUT2D eigenvalue weighted by Gasteiger charge is 2.28. The normalized spacial score (nSPS) is 16.5. The molecule has 0 amide bonds. The van der Waals surface area contributed by atoms with Gasteiger partial charge in [-0.05, 0) is 49.6 Å². The number of nitrogens with zero attached hydrogens (tertiary/aromatic N) is 2. The molecule has 0 aromatic heterocycles. The minimum Gasteiger partial charge on any atom is -0.373 e. The van der Waals surface area contributed by atoms with Gasteiger partial charge in [0.25, 0.3) is 5.69 Å². The maximum atomic E-state index is 13.1. The summed E-state index contributed by atoms with van der Waals surface area (Å²) in [6.07, 6.45) is 2.56. The van der Waals surface area contributed by atoms with E-state index in [0.29, 0.717) is 13.1 Å². The fourth-order valence-electron chi connectivity index (χ4n) is 3.27. The van der Waals surface area contributed by atoms with Gasteiger partial charge in [-0.15, -0.1) is 0 Å². The Morgan fingerprint density at radius 2 is 1.75 bits per heavy atom. The van der Waals surface area contributed by atoms with E-state index in [9.17, 15) is 22.9 Å². The second-order valence-electron chi connectivity index (χ2n) is 6.82. The highest BCUT2D eigenvalue weighted by molar-refractivity contribution is 7.89. The van der Waals surface area contributed by atoms with Crippen molar-refractivity contribution in [2.24, 2.45) is 0 Å². The largest absolute Gasteiger partial charge is 0.373 e. The molecule has 3 rings (SSSR count). The number of benzene rings is 2. The van der Waals surface area contributed by atoms with Crippen LogP contribution in [-0.2, 0) is 10.0 Å². The molecule has 0 unspecified atom stereocenters. The van der Waals surface area contributed by atoms with Crippen molar-refractivity contribution >= 4 is 21.4 Å². The molecule has 0 spiro atoms. The van der Waals surface area contributed by atoms with Crippen molar-refractivity contribution in [3.05, 3.63) is 64.0 Å². The molecule has 0 bridgehead atoms. The Labute approximate surface area is 163 Å². The number of rotatable bonds is 6. The van der Waals surface area contributed by atoms with Gasteiger partial charge in [0, 0.05) is 25.2 Å². The Kier molecular flexibility index (Phi) is 5.95. The number of nitro groups is 1. The first-order valence-corrected chi connectivity index (χ1v) is 10.5. The third kappa shape index (κ3) is 4.31. The van der Waals surface area contributed by atoms with E-state index in [0.717, 1.165) is 30.9 Å². The van der Waals surface area contributed by atoms with Crippen LogP contribution in [-0.4, -0.2) is 30.7 Å². The topological polar surface area (TPSA) is 92.6 Å². The molecule has 1 fully saturated rings. The fraction of sp³-hybridized carbons (Fsp3) is 0.368. The first-order chi connectivity index (χ1) is 13.3. The van der Waals surface area contributed by atoms with Crippen molar-refractivity contribution < 1.29 is 17.7 Å². The Morgan fingerprint density at radius 1 is 1.11 bits per heavy atom. The van der Waals surface area contributed by atoms with Gasteiger partial charge in [0.05, 0.1) is 9.82 Å². The van der Waals surface area contributed by atoms with Crippen LogP contribution in [0.5, 0.6) is 0 Å². The molecule has 28 heavy (non-hydrogen) atoms. The number of halogens is 1. The summed E-state index contributed by atoms with van der Waals surface area (Å²) in [6, 6.07) is 9.38. The van der Waals surface area contributed by atoms with Gasteiger partial charge in [0.1, 0.15) is 11.5 Å². The lowest BCUT2D eigenvalue weighted by atomic mass is 10.1. The van der Waals surface area contributed by atoms with Crippen LogP contribution in [0.25, 0.3) is 0 Å². The molecule has 1 aliphatic heterocycles. The summed E-state index contributed by atoms with van der Waals surface area (Å²) in [4.78, 5) is 10.9. The molecule has 1 heterocycles. The second kappa shape index (κ2) is 8.24. The first-order valence-electron chi connectivity index (χ1n) is 9.09. The van der Waals surface area contributed by atoms with E-state index < -0.39 is 14.9 Å². The molecule has 9 heteroatoms. The van der Waals surface area contributed by atoms with E-state index in [2.05, 4.69) is 5.32 Å². The number of hydrogen-bond acceptors (Lipinski definition) is 5. The molecule has 1 N–H and O–H groups in total. The molecule has 1 saturated heterocycles.